The van der Waals surface area contributed by atoms with E-state index >= 15 is 0 Å². The van der Waals surface area contributed by atoms with Crippen molar-refractivity contribution in [1.29, 1.82) is 0 Å². The third-order valence-corrected chi connectivity index (χ3v) is 4.70. The lowest BCUT2D eigenvalue weighted by atomic mass is 10.1. The minimum absolute atomic E-state index is 0.000577. The number of alkyl halides is 1. The molecule has 0 radical (unpaired) electrons. The van der Waals surface area contributed by atoms with E-state index in [1.54, 1.807) is 17.0 Å². The second-order valence-corrected chi connectivity index (χ2v) is 6.86. The summed E-state index contributed by atoms with van der Waals surface area (Å²) in [7, 11) is 0. The molecule has 2 rings (SSSR count). The standard InChI is InChI=1S/C19H25ClFN3O3/c20-10-17(25)22-11-14-6-7-15(16(21)9-14)12-23-18(26)13-24-8-4-2-1-3-5-19(24)27/h6-7,9H,1-5,8,10-13H2,(H,22,25)(H,23,26). The maximum Gasteiger partial charge on any atom is 0.239 e. The van der Waals surface area contributed by atoms with E-state index in [-0.39, 0.29) is 43.2 Å². The minimum atomic E-state index is -0.463. The van der Waals surface area contributed by atoms with Crippen molar-refractivity contribution in [1.82, 2.24) is 15.5 Å². The van der Waals surface area contributed by atoms with Gasteiger partial charge >= 0.3 is 0 Å². The quantitative estimate of drug-likeness (QED) is 0.691. The highest BCUT2D eigenvalue weighted by atomic mass is 35.5. The lowest BCUT2D eigenvalue weighted by Crippen LogP contribution is -2.41. The molecule has 0 unspecified atom stereocenters. The van der Waals surface area contributed by atoms with Gasteiger partial charge in [0.15, 0.2) is 0 Å². The Morgan fingerprint density at radius 3 is 2.56 bits per heavy atom. The summed E-state index contributed by atoms with van der Waals surface area (Å²) in [6, 6.07) is 4.57. The molecule has 0 atom stereocenters. The molecule has 1 saturated heterocycles. The number of carbonyl (C=O) groups is 3. The highest BCUT2D eigenvalue weighted by Crippen LogP contribution is 2.12. The number of nitrogens with zero attached hydrogens (tertiary/aromatic N) is 1. The van der Waals surface area contributed by atoms with Gasteiger partial charge in [0.25, 0.3) is 0 Å². The van der Waals surface area contributed by atoms with Gasteiger partial charge in [-0.2, -0.15) is 0 Å². The molecule has 1 aromatic rings. The Kier molecular flexibility index (Phi) is 8.51. The van der Waals surface area contributed by atoms with E-state index in [0.717, 1.165) is 25.7 Å². The Bertz CT molecular complexity index is 684. The van der Waals surface area contributed by atoms with Crippen LogP contribution in [0.1, 0.15) is 43.2 Å². The van der Waals surface area contributed by atoms with Crippen LogP contribution >= 0.6 is 11.6 Å². The molecule has 27 heavy (non-hydrogen) atoms. The molecule has 6 nitrogen and oxygen atoms in total. The molecule has 3 amide bonds. The highest BCUT2D eigenvalue weighted by Gasteiger charge is 2.18. The van der Waals surface area contributed by atoms with Crippen LogP contribution in [0.2, 0.25) is 0 Å². The number of likely N-dealkylation sites (tertiary alicyclic amines) is 1. The maximum atomic E-state index is 14.2. The van der Waals surface area contributed by atoms with Gasteiger partial charge in [-0.1, -0.05) is 25.0 Å². The largest absolute Gasteiger partial charge is 0.351 e. The lowest BCUT2D eigenvalue weighted by molar-refractivity contribution is -0.136. The zero-order valence-corrected chi connectivity index (χ0v) is 16.0. The molecule has 0 saturated carbocycles. The molecular formula is C19H25ClFN3O3. The summed E-state index contributed by atoms with van der Waals surface area (Å²) in [6.07, 6.45) is 4.35. The molecule has 0 bridgehead atoms. The number of rotatable bonds is 7. The summed E-state index contributed by atoms with van der Waals surface area (Å²) in [5.41, 5.74) is 0.946. The van der Waals surface area contributed by atoms with Crippen LogP contribution in [0, 0.1) is 5.82 Å². The fourth-order valence-electron chi connectivity index (χ4n) is 2.90. The number of benzene rings is 1. The number of hydrogen-bond acceptors (Lipinski definition) is 3. The van der Waals surface area contributed by atoms with Gasteiger partial charge in [0.05, 0.1) is 6.54 Å². The molecule has 0 spiro atoms. The Morgan fingerprint density at radius 1 is 1.07 bits per heavy atom. The second-order valence-electron chi connectivity index (χ2n) is 6.59. The van der Waals surface area contributed by atoms with Crippen molar-refractivity contribution in [2.24, 2.45) is 0 Å². The number of carbonyl (C=O) groups excluding carboxylic acids is 3. The fourth-order valence-corrected chi connectivity index (χ4v) is 2.99. The number of amides is 3. The first-order valence-corrected chi connectivity index (χ1v) is 9.67. The average Bonchev–Trinajstić information content (AvgIpc) is 2.65. The van der Waals surface area contributed by atoms with E-state index in [4.69, 9.17) is 11.6 Å². The topological polar surface area (TPSA) is 78.5 Å². The predicted molar refractivity (Wildman–Crippen MR) is 100 cm³/mol. The SMILES string of the molecule is O=C(CCl)NCc1ccc(CNC(=O)CN2CCCCCCC2=O)c(F)c1. The van der Waals surface area contributed by atoms with Crippen molar-refractivity contribution < 1.29 is 18.8 Å². The minimum Gasteiger partial charge on any atom is -0.351 e. The lowest BCUT2D eigenvalue weighted by Gasteiger charge is -2.24. The number of hydrogen-bond donors (Lipinski definition) is 2. The monoisotopic (exact) mass is 397 g/mol. The first kappa shape index (κ1) is 21.2. The van der Waals surface area contributed by atoms with Gasteiger partial charge in [0, 0.05) is 31.6 Å². The van der Waals surface area contributed by atoms with Crippen LogP contribution in [-0.2, 0) is 27.5 Å². The van der Waals surface area contributed by atoms with Crippen LogP contribution in [-0.4, -0.2) is 41.6 Å². The van der Waals surface area contributed by atoms with Gasteiger partial charge in [0.1, 0.15) is 11.7 Å². The fraction of sp³-hybridized carbons (Fsp3) is 0.526. The van der Waals surface area contributed by atoms with Crippen LogP contribution in [0.25, 0.3) is 0 Å². The highest BCUT2D eigenvalue weighted by molar-refractivity contribution is 6.27. The Morgan fingerprint density at radius 2 is 1.81 bits per heavy atom. The molecule has 1 fully saturated rings. The van der Waals surface area contributed by atoms with Gasteiger partial charge in [0.2, 0.25) is 17.7 Å². The Labute approximate surface area is 163 Å². The molecule has 0 aromatic heterocycles. The van der Waals surface area contributed by atoms with Gasteiger partial charge < -0.3 is 15.5 Å². The summed E-state index contributed by atoms with van der Waals surface area (Å²) in [5, 5.41) is 5.22. The van der Waals surface area contributed by atoms with Crippen molar-refractivity contribution in [3.8, 4) is 0 Å². The van der Waals surface area contributed by atoms with E-state index < -0.39 is 5.82 Å². The molecule has 0 aliphatic carbocycles. The van der Waals surface area contributed by atoms with Crippen LogP contribution < -0.4 is 10.6 Å². The summed E-state index contributed by atoms with van der Waals surface area (Å²) in [5.74, 6) is -1.24. The second kappa shape index (κ2) is 10.9. The van der Waals surface area contributed by atoms with E-state index in [1.807, 2.05) is 0 Å². The molecule has 1 aromatic carbocycles. The van der Waals surface area contributed by atoms with Crippen LogP contribution in [0.5, 0.6) is 0 Å². The smallest absolute Gasteiger partial charge is 0.239 e. The average molecular weight is 398 g/mol. The first-order valence-electron chi connectivity index (χ1n) is 9.14. The summed E-state index contributed by atoms with van der Waals surface area (Å²) < 4.78 is 14.2. The molecule has 1 aliphatic heterocycles. The molecule has 2 N–H and O–H groups in total. The molecule has 1 heterocycles. The first-order chi connectivity index (χ1) is 13.0. The number of nitrogens with one attached hydrogen (secondary N) is 2. The molecule has 148 valence electrons. The van der Waals surface area contributed by atoms with Crippen molar-refractivity contribution in [2.75, 3.05) is 19.0 Å². The Hall–Kier alpha value is -2.15. The van der Waals surface area contributed by atoms with E-state index in [2.05, 4.69) is 10.6 Å². The summed E-state index contributed by atoms with van der Waals surface area (Å²) >= 11 is 5.39. The van der Waals surface area contributed by atoms with Gasteiger partial charge in [-0.05, 0) is 24.5 Å². The third kappa shape index (κ3) is 7.17. The van der Waals surface area contributed by atoms with E-state index in [9.17, 15) is 18.8 Å². The maximum absolute atomic E-state index is 14.2. The molecule has 8 heteroatoms. The van der Waals surface area contributed by atoms with Crippen molar-refractivity contribution in [3.05, 3.63) is 35.1 Å². The van der Waals surface area contributed by atoms with Gasteiger partial charge in [-0.15, -0.1) is 11.6 Å². The van der Waals surface area contributed by atoms with E-state index in [0.29, 0.717) is 24.1 Å². The van der Waals surface area contributed by atoms with Gasteiger partial charge in [-0.25, -0.2) is 4.39 Å². The number of halogens is 2. The van der Waals surface area contributed by atoms with Crippen LogP contribution in [0.15, 0.2) is 18.2 Å². The van der Waals surface area contributed by atoms with Gasteiger partial charge in [-0.3, -0.25) is 14.4 Å². The zero-order chi connectivity index (χ0) is 19.6. The predicted octanol–water partition coefficient (Wildman–Crippen LogP) is 2.09. The van der Waals surface area contributed by atoms with Crippen molar-refractivity contribution >= 4 is 29.3 Å². The van der Waals surface area contributed by atoms with Crippen LogP contribution in [0.4, 0.5) is 4.39 Å². The summed E-state index contributed by atoms with van der Waals surface area (Å²) in [6.45, 7) is 0.819. The zero-order valence-electron chi connectivity index (χ0n) is 15.2. The molecular weight excluding hydrogens is 373 g/mol. The third-order valence-electron chi connectivity index (χ3n) is 4.46. The van der Waals surface area contributed by atoms with E-state index in [1.165, 1.54) is 6.07 Å². The van der Waals surface area contributed by atoms with Crippen molar-refractivity contribution in [3.63, 3.8) is 0 Å². The normalized spacial score (nSPS) is 15.0. The van der Waals surface area contributed by atoms with Crippen molar-refractivity contribution in [2.45, 2.75) is 45.2 Å². The Balaban J connectivity index is 1.83. The molecule has 1 aliphatic rings. The summed E-state index contributed by atoms with van der Waals surface area (Å²) in [4.78, 5) is 36.9. The van der Waals surface area contributed by atoms with Crippen LogP contribution in [0.3, 0.4) is 0 Å².